The predicted molar refractivity (Wildman–Crippen MR) is 173 cm³/mol. The molecule has 45 heavy (non-hydrogen) atoms. The van der Waals surface area contributed by atoms with Crippen LogP contribution < -0.4 is 10.6 Å². The van der Waals surface area contributed by atoms with Crippen molar-refractivity contribution in [2.75, 3.05) is 5.32 Å². The van der Waals surface area contributed by atoms with Crippen LogP contribution in [0.4, 0.5) is 16.2 Å². The van der Waals surface area contributed by atoms with Gasteiger partial charge < -0.3 is 19.8 Å². The number of thioether (sulfide) groups is 1. The summed E-state index contributed by atoms with van der Waals surface area (Å²) in [6.07, 6.45) is 4.38. The number of furan rings is 1. The van der Waals surface area contributed by atoms with Gasteiger partial charge in [0.25, 0.3) is 0 Å². The highest BCUT2D eigenvalue weighted by Crippen LogP contribution is 2.42. The third kappa shape index (κ3) is 7.05. The Kier molecular flexibility index (Phi) is 8.88. The smallest absolute Gasteiger partial charge is 0.408 e. The van der Waals surface area contributed by atoms with E-state index in [9.17, 15) is 14.4 Å². The number of amidine groups is 1. The molecule has 2 atom stereocenters. The summed E-state index contributed by atoms with van der Waals surface area (Å²) in [5.41, 5.74) is 2.84. The number of fused-ring (bicyclic) bond motifs is 1. The maximum absolute atomic E-state index is 13.7. The molecule has 5 aromatic rings. The SMILES string of the molecule is C[C@H](NC(=O)OCc1ccccc1)C(=O)Nc1ccc(C2SC(=Nc3cccc4ccncc34)N(Cc3ccco3)C2=O)cc1. The van der Waals surface area contributed by atoms with Crippen LogP contribution in [0.2, 0.25) is 0 Å². The van der Waals surface area contributed by atoms with E-state index in [1.165, 1.54) is 11.8 Å². The van der Waals surface area contributed by atoms with Gasteiger partial charge >= 0.3 is 6.09 Å². The van der Waals surface area contributed by atoms with Crippen LogP contribution in [0.1, 0.15) is 29.1 Å². The third-order valence-corrected chi connectivity index (χ3v) is 8.37. The lowest BCUT2D eigenvalue weighted by molar-refractivity contribution is -0.126. The highest BCUT2D eigenvalue weighted by molar-refractivity contribution is 8.15. The van der Waals surface area contributed by atoms with E-state index in [0.717, 1.165) is 21.9 Å². The average molecular weight is 620 g/mol. The molecule has 1 aliphatic heterocycles. The number of hydrogen-bond acceptors (Lipinski definition) is 8. The first-order valence-electron chi connectivity index (χ1n) is 14.2. The van der Waals surface area contributed by atoms with Gasteiger partial charge in [-0.05, 0) is 59.8 Å². The fraction of sp³-hybridized carbons (Fsp3) is 0.147. The fourth-order valence-corrected chi connectivity index (χ4v) is 5.92. The molecule has 1 unspecified atom stereocenters. The van der Waals surface area contributed by atoms with Crippen LogP contribution in [0.3, 0.4) is 0 Å². The molecule has 2 aromatic heterocycles. The molecule has 0 aliphatic carbocycles. The molecule has 0 bridgehead atoms. The molecule has 6 rings (SSSR count). The largest absolute Gasteiger partial charge is 0.467 e. The van der Waals surface area contributed by atoms with Crippen molar-refractivity contribution >= 4 is 57.0 Å². The first-order chi connectivity index (χ1) is 21.9. The summed E-state index contributed by atoms with van der Waals surface area (Å²) in [6, 6.07) is 26.8. The van der Waals surface area contributed by atoms with Crippen molar-refractivity contribution in [2.45, 2.75) is 31.4 Å². The number of anilines is 1. The number of benzene rings is 3. The fourth-order valence-electron chi connectivity index (χ4n) is 4.75. The topological polar surface area (TPSA) is 126 Å². The second-order valence-corrected chi connectivity index (χ2v) is 11.4. The Morgan fingerprint density at radius 2 is 1.84 bits per heavy atom. The van der Waals surface area contributed by atoms with Gasteiger partial charge in [0.2, 0.25) is 11.8 Å². The summed E-state index contributed by atoms with van der Waals surface area (Å²) < 4.78 is 10.7. The van der Waals surface area contributed by atoms with Gasteiger partial charge in [0, 0.05) is 23.5 Å². The maximum Gasteiger partial charge on any atom is 0.408 e. The number of pyridine rings is 1. The minimum absolute atomic E-state index is 0.102. The highest BCUT2D eigenvalue weighted by atomic mass is 32.2. The van der Waals surface area contributed by atoms with Crippen LogP contribution >= 0.6 is 11.8 Å². The Labute approximate surface area is 263 Å². The van der Waals surface area contributed by atoms with E-state index in [1.54, 1.807) is 60.8 Å². The van der Waals surface area contributed by atoms with Gasteiger partial charge in [0.1, 0.15) is 23.7 Å². The number of hydrogen-bond donors (Lipinski definition) is 2. The molecular weight excluding hydrogens is 590 g/mol. The van der Waals surface area contributed by atoms with E-state index < -0.39 is 23.3 Å². The number of aliphatic imine (C=N–C) groups is 1. The van der Waals surface area contributed by atoms with Crippen molar-refractivity contribution in [1.82, 2.24) is 15.2 Å². The number of alkyl carbamates (subject to hydrolysis) is 1. The van der Waals surface area contributed by atoms with Crippen molar-refractivity contribution in [3.8, 4) is 0 Å². The van der Waals surface area contributed by atoms with Crippen molar-refractivity contribution in [3.63, 3.8) is 0 Å². The molecule has 3 aromatic carbocycles. The van der Waals surface area contributed by atoms with E-state index in [1.807, 2.05) is 60.7 Å². The van der Waals surface area contributed by atoms with Crippen LogP contribution in [0, 0.1) is 0 Å². The van der Waals surface area contributed by atoms with Crippen molar-refractivity contribution in [1.29, 1.82) is 0 Å². The van der Waals surface area contributed by atoms with Gasteiger partial charge in [0.15, 0.2) is 5.17 Å². The Morgan fingerprint density at radius 1 is 1.02 bits per heavy atom. The average Bonchev–Trinajstić information content (AvgIpc) is 3.69. The lowest BCUT2D eigenvalue weighted by atomic mass is 10.1. The lowest BCUT2D eigenvalue weighted by Crippen LogP contribution is -2.41. The van der Waals surface area contributed by atoms with Gasteiger partial charge in [-0.1, -0.05) is 66.4 Å². The molecule has 0 radical (unpaired) electrons. The van der Waals surface area contributed by atoms with Gasteiger partial charge in [-0.3, -0.25) is 19.5 Å². The minimum atomic E-state index is -0.835. The molecule has 11 heteroatoms. The normalized spacial score (nSPS) is 16.1. The molecule has 3 heterocycles. The van der Waals surface area contributed by atoms with Crippen LogP contribution in [-0.2, 0) is 27.5 Å². The third-order valence-electron chi connectivity index (χ3n) is 7.14. The molecule has 1 saturated heterocycles. The van der Waals surface area contributed by atoms with Gasteiger partial charge in [-0.15, -0.1) is 0 Å². The van der Waals surface area contributed by atoms with E-state index in [-0.39, 0.29) is 19.1 Å². The van der Waals surface area contributed by atoms with Crippen LogP contribution in [0.5, 0.6) is 0 Å². The number of ether oxygens (including phenoxy) is 1. The lowest BCUT2D eigenvalue weighted by Gasteiger charge is -2.16. The summed E-state index contributed by atoms with van der Waals surface area (Å²) in [5, 5.41) is 7.22. The number of rotatable bonds is 9. The number of nitrogens with one attached hydrogen (secondary N) is 2. The first kappa shape index (κ1) is 29.6. The van der Waals surface area contributed by atoms with Crippen LogP contribution in [0.15, 0.2) is 119 Å². The van der Waals surface area contributed by atoms with Crippen LogP contribution in [-0.4, -0.2) is 39.0 Å². The molecule has 1 fully saturated rings. The summed E-state index contributed by atoms with van der Waals surface area (Å²) in [5.74, 6) is 0.105. The van der Waals surface area contributed by atoms with Crippen molar-refractivity contribution < 1.29 is 23.5 Å². The predicted octanol–water partition coefficient (Wildman–Crippen LogP) is 6.59. The zero-order chi connectivity index (χ0) is 31.2. The molecular formula is C34H29N5O5S. The van der Waals surface area contributed by atoms with Crippen LogP contribution in [0.25, 0.3) is 10.8 Å². The number of amides is 3. The summed E-state index contributed by atoms with van der Waals surface area (Å²) >= 11 is 1.36. The van der Waals surface area contributed by atoms with E-state index in [4.69, 9.17) is 14.1 Å². The van der Waals surface area contributed by atoms with E-state index >= 15 is 0 Å². The summed E-state index contributed by atoms with van der Waals surface area (Å²) in [7, 11) is 0. The van der Waals surface area contributed by atoms with E-state index in [0.29, 0.717) is 22.3 Å². The molecule has 2 N–H and O–H groups in total. The molecule has 1 aliphatic rings. The zero-order valence-corrected chi connectivity index (χ0v) is 25.1. The van der Waals surface area contributed by atoms with Crippen molar-refractivity contribution in [3.05, 3.63) is 127 Å². The summed E-state index contributed by atoms with van der Waals surface area (Å²) in [4.78, 5) is 49.4. The van der Waals surface area contributed by atoms with Gasteiger partial charge in [0.05, 0.1) is 18.5 Å². The Morgan fingerprint density at radius 3 is 2.62 bits per heavy atom. The molecule has 10 nitrogen and oxygen atoms in total. The number of aromatic nitrogens is 1. The first-order valence-corrected chi connectivity index (χ1v) is 15.1. The maximum atomic E-state index is 13.7. The monoisotopic (exact) mass is 619 g/mol. The number of carbonyl (C=O) groups excluding carboxylic acids is 3. The second-order valence-electron chi connectivity index (χ2n) is 10.3. The quantitative estimate of drug-likeness (QED) is 0.191. The summed E-state index contributed by atoms with van der Waals surface area (Å²) in [6.45, 7) is 1.91. The molecule has 0 saturated carbocycles. The Balaban J connectivity index is 1.13. The molecule has 226 valence electrons. The zero-order valence-electron chi connectivity index (χ0n) is 24.3. The Hall–Kier alpha value is -5.42. The van der Waals surface area contributed by atoms with E-state index in [2.05, 4.69) is 15.6 Å². The van der Waals surface area contributed by atoms with Gasteiger partial charge in [-0.2, -0.15) is 0 Å². The number of carbonyl (C=O) groups is 3. The van der Waals surface area contributed by atoms with Gasteiger partial charge in [-0.25, -0.2) is 9.79 Å². The van der Waals surface area contributed by atoms with Crippen molar-refractivity contribution in [2.24, 2.45) is 4.99 Å². The second kappa shape index (κ2) is 13.5. The molecule has 3 amide bonds. The number of nitrogens with zero attached hydrogens (tertiary/aromatic N) is 3. The minimum Gasteiger partial charge on any atom is -0.467 e. The Bertz CT molecular complexity index is 1840. The standard InChI is InChI=1S/C34H29N5O5S/c1-22(36-34(42)44-21-23-7-3-2-4-8-23)31(40)37-26-14-12-25(13-15-26)30-32(41)39(20-27-10-6-18-43-27)33(45-30)38-29-11-5-9-24-16-17-35-19-28(24)29/h2-19,22,30H,20-21H2,1H3,(H,36,42)(H,37,40)/t22-,30?/m0/s1. The highest BCUT2D eigenvalue weighted by Gasteiger charge is 2.39. The molecule has 0 spiro atoms.